The average molecular weight is 483 g/mol. The van der Waals surface area contributed by atoms with Crippen molar-refractivity contribution in [2.45, 2.75) is 49.8 Å². The van der Waals surface area contributed by atoms with Crippen LogP contribution in [0.25, 0.3) is 0 Å². The number of nitrogens with zero attached hydrogens (tertiary/aromatic N) is 2. The second-order valence-electron chi connectivity index (χ2n) is 8.81. The van der Waals surface area contributed by atoms with Crippen molar-refractivity contribution >= 4 is 28.0 Å². The van der Waals surface area contributed by atoms with Crippen LogP contribution in [-0.2, 0) is 5.54 Å². The van der Waals surface area contributed by atoms with Crippen LogP contribution in [-0.4, -0.2) is 36.3 Å². The van der Waals surface area contributed by atoms with E-state index < -0.39 is 39.0 Å². The van der Waals surface area contributed by atoms with Gasteiger partial charge in [-0.1, -0.05) is 0 Å². The number of amidine groups is 1. The summed E-state index contributed by atoms with van der Waals surface area (Å²) < 4.78 is 61.4. The summed E-state index contributed by atoms with van der Waals surface area (Å²) in [6, 6.07) is 5.03. The van der Waals surface area contributed by atoms with Gasteiger partial charge >= 0.3 is 0 Å². The van der Waals surface area contributed by atoms with Crippen molar-refractivity contribution in [3.63, 3.8) is 0 Å². The molecule has 2 heterocycles. The van der Waals surface area contributed by atoms with Gasteiger partial charge in [-0.05, 0) is 62.9 Å². The van der Waals surface area contributed by atoms with Gasteiger partial charge in [0, 0.05) is 23.0 Å². The predicted molar refractivity (Wildman–Crippen MR) is 122 cm³/mol. The number of hydrogen-bond donors (Lipinski definition) is 4. The van der Waals surface area contributed by atoms with Crippen LogP contribution in [0.5, 0.6) is 0 Å². The molecule has 2 aliphatic rings. The monoisotopic (exact) mass is 482 g/mol. The molecule has 1 aromatic heterocycles. The van der Waals surface area contributed by atoms with Crippen LogP contribution >= 0.6 is 10.6 Å². The van der Waals surface area contributed by atoms with Gasteiger partial charge in [0.25, 0.3) is 12.3 Å². The van der Waals surface area contributed by atoms with E-state index in [1.165, 1.54) is 25.1 Å². The van der Waals surface area contributed by atoms with Crippen molar-refractivity contribution in [2.24, 2.45) is 10.7 Å². The number of anilines is 1. The summed E-state index contributed by atoms with van der Waals surface area (Å²) >= 11 is 0. The predicted octanol–water partition coefficient (Wildman–Crippen LogP) is 4.98. The fraction of sp³-hybridized carbons (Fsp3) is 0.409. The highest BCUT2D eigenvalue weighted by atomic mass is 32.3. The molecule has 1 aliphatic heterocycles. The number of hydrogen-bond acceptors (Lipinski definition) is 6. The highest BCUT2D eigenvalue weighted by Crippen LogP contribution is 2.66. The van der Waals surface area contributed by atoms with E-state index in [1.54, 1.807) is 6.92 Å². The topological polar surface area (TPSA) is 121 Å². The van der Waals surface area contributed by atoms with Gasteiger partial charge in [-0.15, -0.1) is 0 Å². The second-order valence-corrected chi connectivity index (χ2v) is 11.2. The average Bonchev–Trinajstić information content (AvgIpc) is 2.66. The molecule has 1 fully saturated rings. The van der Waals surface area contributed by atoms with Gasteiger partial charge in [-0.3, -0.25) is 23.9 Å². The summed E-state index contributed by atoms with van der Waals surface area (Å²) in [5.74, 6) is -1.37. The van der Waals surface area contributed by atoms with Crippen molar-refractivity contribution in [2.75, 3.05) is 11.1 Å². The molecule has 1 aromatic carbocycles. The van der Waals surface area contributed by atoms with E-state index in [0.29, 0.717) is 12.8 Å². The SMILES string of the molecule is Cc1cc(C(F)F)cnc1C(=O)Nc1ccc(F)c([C@]2(C)CS(O)(O)C3(CCC3)C(N)=N2)c1. The Morgan fingerprint density at radius 2 is 1.97 bits per heavy atom. The fourth-order valence-corrected chi connectivity index (χ4v) is 7.08. The Labute approximate surface area is 190 Å². The molecule has 4 rings (SSSR count). The van der Waals surface area contributed by atoms with E-state index in [0.717, 1.165) is 18.7 Å². The summed E-state index contributed by atoms with van der Waals surface area (Å²) in [5.41, 5.74) is 5.00. The first kappa shape index (κ1) is 23.5. The van der Waals surface area contributed by atoms with E-state index in [1.807, 2.05) is 0 Å². The quantitative estimate of drug-likeness (QED) is 0.490. The summed E-state index contributed by atoms with van der Waals surface area (Å²) in [5, 5.41) is 2.59. The molecule has 5 N–H and O–H groups in total. The van der Waals surface area contributed by atoms with Crippen molar-refractivity contribution in [3.8, 4) is 0 Å². The first-order chi connectivity index (χ1) is 15.4. The number of carbonyl (C=O) groups is 1. The second kappa shape index (κ2) is 8.00. The zero-order valence-corrected chi connectivity index (χ0v) is 18.9. The van der Waals surface area contributed by atoms with Gasteiger partial charge < -0.3 is 11.1 Å². The third kappa shape index (κ3) is 3.87. The van der Waals surface area contributed by atoms with Crippen LogP contribution in [0.3, 0.4) is 0 Å². The van der Waals surface area contributed by atoms with Gasteiger partial charge in [0.2, 0.25) is 0 Å². The summed E-state index contributed by atoms with van der Waals surface area (Å²) in [7, 11) is -3.18. The molecule has 0 saturated heterocycles. The minimum atomic E-state index is -3.18. The number of aromatic nitrogens is 1. The molecule has 1 spiro atoms. The Morgan fingerprint density at radius 3 is 2.52 bits per heavy atom. The Bertz CT molecular complexity index is 1150. The van der Waals surface area contributed by atoms with Crippen molar-refractivity contribution in [3.05, 3.63) is 58.7 Å². The smallest absolute Gasteiger partial charge is 0.274 e. The zero-order chi connectivity index (χ0) is 24.2. The van der Waals surface area contributed by atoms with Gasteiger partial charge in [0.05, 0.1) is 5.75 Å². The van der Waals surface area contributed by atoms with E-state index >= 15 is 0 Å². The number of amides is 1. The molecular weight excluding hydrogens is 457 g/mol. The molecule has 1 saturated carbocycles. The third-order valence-electron chi connectivity index (χ3n) is 6.47. The normalized spacial score (nSPS) is 24.2. The maximum absolute atomic E-state index is 14.9. The summed E-state index contributed by atoms with van der Waals surface area (Å²) in [6.07, 6.45) is 0.0875. The lowest BCUT2D eigenvalue weighted by molar-refractivity contribution is 0.102. The van der Waals surface area contributed by atoms with E-state index in [4.69, 9.17) is 5.73 Å². The molecule has 2 aromatic rings. The number of halogens is 3. The number of benzene rings is 1. The summed E-state index contributed by atoms with van der Waals surface area (Å²) in [6.45, 7) is 3.06. The van der Waals surface area contributed by atoms with Gasteiger partial charge in [-0.25, -0.2) is 13.2 Å². The molecule has 0 unspecified atom stereocenters. The number of pyridine rings is 1. The van der Waals surface area contributed by atoms with E-state index in [2.05, 4.69) is 15.3 Å². The molecular formula is C22H25F3N4O3S. The van der Waals surface area contributed by atoms with Gasteiger partial charge in [0.1, 0.15) is 27.6 Å². The molecule has 1 amide bonds. The standard InChI is InChI=1S/C22H25F3N4O3S/c1-12-8-13(18(24)25)10-27-17(12)19(30)28-14-4-5-16(23)15(9-14)21(2)11-33(31,32)22(6-3-7-22)20(26)29-21/h4-5,8-10,18,31-32H,3,6-7,11H2,1-2H3,(H2,26,29)(H,28,30)/t21-/m0/s1. The van der Waals surface area contributed by atoms with Crippen LogP contribution in [0, 0.1) is 12.7 Å². The van der Waals surface area contributed by atoms with Crippen molar-refractivity contribution in [1.82, 2.24) is 4.98 Å². The lowest BCUT2D eigenvalue weighted by atomic mass is 9.82. The molecule has 0 bridgehead atoms. The van der Waals surface area contributed by atoms with Crippen LogP contribution in [0.1, 0.15) is 59.8 Å². The first-order valence-corrected chi connectivity index (χ1v) is 12.1. The number of aryl methyl sites for hydroxylation is 1. The molecule has 1 aliphatic carbocycles. The molecule has 0 radical (unpaired) electrons. The number of aliphatic imine (C=N–C) groups is 1. The minimum Gasteiger partial charge on any atom is -0.386 e. The molecule has 33 heavy (non-hydrogen) atoms. The largest absolute Gasteiger partial charge is 0.386 e. The molecule has 1 atom stereocenters. The summed E-state index contributed by atoms with van der Waals surface area (Å²) in [4.78, 5) is 21.0. The Morgan fingerprint density at radius 1 is 1.27 bits per heavy atom. The number of carbonyl (C=O) groups excluding carboxylic acids is 1. The number of rotatable bonds is 4. The Hall–Kier alpha value is -2.63. The Kier molecular flexibility index (Phi) is 5.70. The lowest BCUT2D eigenvalue weighted by Crippen LogP contribution is -2.59. The first-order valence-electron chi connectivity index (χ1n) is 10.4. The maximum atomic E-state index is 14.9. The zero-order valence-electron chi connectivity index (χ0n) is 18.1. The highest BCUT2D eigenvalue weighted by Gasteiger charge is 2.57. The van der Waals surface area contributed by atoms with Gasteiger partial charge in [0.15, 0.2) is 0 Å². The van der Waals surface area contributed by atoms with Crippen molar-refractivity contribution < 1.29 is 27.1 Å². The number of alkyl halides is 2. The molecule has 11 heteroatoms. The van der Waals surface area contributed by atoms with E-state index in [-0.39, 0.29) is 39.7 Å². The van der Waals surface area contributed by atoms with Crippen LogP contribution in [0.4, 0.5) is 18.9 Å². The van der Waals surface area contributed by atoms with Gasteiger partial charge in [-0.2, -0.15) is 10.6 Å². The number of nitrogens with one attached hydrogen (secondary N) is 1. The number of nitrogens with two attached hydrogens (primary N) is 1. The third-order valence-corrected chi connectivity index (χ3v) is 9.31. The maximum Gasteiger partial charge on any atom is 0.274 e. The molecule has 178 valence electrons. The lowest BCUT2D eigenvalue weighted by Gasteiger charge is -2.60. The Balaban J connectivity index is 1.64. The van der Waals surface area contributed by atoms with Crippen LogP contribution in [0.2, 0.25) is 0 Å². The minimum absolute atomic E-state index is 0.0440. The highest BCUT2D eigenvalue weighted by molar-refractivity contribution is 8.26. The van der Waals surface area contributed by atoms with Crippen molar-refractivity contribution in [1.29, 1.82) is 0 Å². The van der Waals surface area contributed by atoms with E-state index in [9.17, 15) is 27.1 Å². The van der Waals surface area contributed by atoms with Crippen LogP contribution < -0.4 is 11.1 Å². The molecule has 7 nitrogen and oxygen atoms in total. The fourth-order valence-electron chi connectivity index (χ4n) is 4.48. The van der Waals surface area contributed by atoms with Crippen LogP contribution in [0.15, 0.2) is 35.5 Å².